The maximum Gasteiger partial charge on any atom is 0.387 e. The number of nitrogens with one attached hydrogen (secondary N) is 2. The molecular weight excluding hydrogens is 385 g/mol. The molecule has 2 atom stereocenters. The number of likely N-dealkylation sites (N-methyl/N-ethyl adjacent to an activating group) is 1. The lowest BCUT2D eigenvalue weighted by atomic mass is 10.1. The minimum Gasteiger partial charge on any atom is -0.435 e. The average Bonchev–Trinajstić information content (AvgIpc) is 2.57. The molecule has 0 fully saturated rings. The Morgan fingerprint density at radius 1 is 1.19 bits per heavy atom. The van der Waals surface area contributed by atoms with E-state index >= 15 is 0 Å². The first-order valence-electron chi connectivity index (χ1n) is 7.88. The van der Waals surface area contributed by atoms with Crippen molar-refractivity contribution in [1.82, 2.24) is 0 Å². The van der Waals surface area contributed by atoms with Crippen LogP contribution in [0.3, 0.4) is 0 Å². The molecule has 140 valence electrons. The van der Waals surface area contributed by atoms with Crippen molar-refractivity contribution in [3.05, 3.63) is 58.1 Å². The molecule has 0 aliphatic rings. The zero-order valence-corrected chi connectivity index (χ0v) is 15.7. The first-order valence-corrected chi connectivity index (χ1v) is 8.64. The predicted molar refractivity (Wildman–Crippen MR) is 98.2 cm³/mol. The largest absolute Gasteiger partial charge is 0.435 e. The number of carbonyl (C=O) groups is 1. The number of carbonyl (C=O) groups excluding carboxylic acids is 1. The number of alkyl halides is 2. The second-order valence-electron chi connectivity index (χ2n) is 5.88. The van der Waals surface area contributed by atoms with E-state index in [9.17, 15) is 13.6 Å². The maximum absolute atomic E-state index is 12.4. The molecule has 0 saturated heterocycles. The standard InChI is InChI=1S/C18H18Cl2F2N2O2/c1-11(17(25)23-16-8-5-13(19)9-15(16)20)24(2)10-12-3-6-14(7-4-12)26-18(21)22/h3-9,11,18H,10H2,1-2H3,(H,23,25)/p+1/t11-/m1/s1. The lowest BCUT2D eigenvalue weighted by molar-refractivity contribution is -0.907. The molecule has 0 spiro atoms. The van der Waals surface area contributed by atoms with Crippen LogP contribution in [0, 0.1) is 0 Å². The Kier molecular flexibility index (Phi) is 7.20. The molecule has 1 unspecified atom stereocenters. The van der Waals surface area contributed by atoms with Gasteiger partial charge in [-0.2, -0.15) is 8.78 Å². The fourth-order valence-corrected chi connectivity index (χ4v) is 2.78. The summed E-state index contributed by atoms with van der Waals surface area (Å²) in [6, 6.07) is 10.8. The van der Waals surface area contributed by atoms with Crippen molar-refractivity contribution in [2.75, 3.05) is 12.4 Å². The highest BCUT2D eigenvalue weighted by atomic mass is 35.5. The third kappa shape index (κ3) is 5.83. The van der Waals surface area contributed by atoms with E-state index in [1.54, 1.807) is 37.3 Å². The van der Waals surface area contributed by atoms with Crippen LogP contribution >= 0.6 is 23.2 Å². The molecule has 2 aromatic rings. The molecule has 1 amide bonds. The van der Waals surface area contributed by atoms with Crippen LogP contribution in [0.4, 0.5) is 14.5 Å². The van der Waals surface area contributed by atoms with Gasteiger partial charge in [0.05, 0.1) is 17.8 Å². The van der Waals surface area contributed by atoms with Crippen molar-refractivity contribution < 1.29 is 23.2 Å². The molecule has 0 aromatic heterocycles. The normalized spacial score (nSPS) is 13.3. The van der Waals surface area contributed by atoms with E-state index in [0.717, 1.165) is 10.5 Å². The Labute approximate surface area is 160 Å². The summed E-state index contributed by atoms with van der Waals surface area (Å²) in [5, 5.41) is 3.64. The Morgan fingerprint density at radius 2 is 1.85 bits per heavy atom. The summed E-state index contributed by atoms with van der Waals surface area (Å²) in [6.07, 6.45) is 0. The highest BCUT2D eigenvalue weighted by Crippen LogP contribution is 2.25. The van der Waals surface area contributed by atoms with Crippen molar-refractivity contribution in [3.63, 3.8) is 0 Å². The third-order valence-electron chi connectivity index (χ3n) is 3.95. The van der Waals surface area contributed by atoms with Gasteiger partial charge in [0.15, 0.2) is 6.04 Å². The van der Waals surface area contributed by atoms with Gasteiger partial charge in [0.2, 0.25) is 0 Å². The Balaban J connectivity index is 1.95. The Morgan fingerprint density at radius 3 is 2.42 bits per heavy atom. The second-order valence-corrected chi connectivity index (χ2v) is 6.72. The number of benzene rings is 2. The van der Waals surface area contributed by atoms with Crippen molar-refractivity contribution in [2.45, 2.75) is 26.1 Å². The first kappa shape index (κ1) is 20.4. The molecule has 0 radical (unpaired) electrons. The van der Waals surface area contributed by atoms with Crippen LogP contribution in [-0.2, 0) is 11.3 Å². The minimum absolute atomic E-state index is 0.101. The van der Waals surface area contributed by atoms with E-state index in [1.807, 2.05) is 7.05 Å². The maximum atomic E-state index is 12.4. The van der Waals surface area contributed by atoms with Gasteiger partial charge in [0.1, 0.15) is 12.3 Å². The van der Waals surface area contributed by atoms with Gasteiger partial charge in [-0.25, -0.2) is 0 Å². The predicted octanol–water partition coefficient (Wildman–Crippen LogP) is 3.64. The van der Waals surface area contributed by atoms with Gasteiger partial charge >= 0.3 is 6.61 Å². The average molecular weight is 404 g/mol. The van der Waals surface area contributed by atoms with Crippen molar-refractivity contribution in [1.29, 1.82) is 0 Å². The fraction of sp³-hybridized carbons (Fsp3) is 0.278. The van der Waals surface area contributed by atoms with Gasteiger partial charge in [-0.3, -0.25) is 4.79 Å². The molecule has 0 aliphatic heterocycles. The number of amides is 1. The number of rotatable bonds is 7. The number of halogens is 4. The lowest BCUT2D eigenvalue weighted by Crippen LogP contribution is -3.12. The number of ether oxygens (including phenoxy) is 1. The molecular formula is C18H19Cl2F2N2O2+. The van der Waals surface area contributed by atoms with Crippen LogP contribution in [0.25, 0.3) is 0 Å². The topological polar surface area (TPSA) is 42.8 Å². The van der Waals surface area contributed by atoms with E-state index < -0.39 is 6.61 Å². The van der Waals surface area contributed by atoms with Gasteiger partial charge in [0.25, 0.3) is 5.91 Å². The summed E-state index contributed by atoms with van der Waals surface area (Å²) < 4.78 is 28.7. The van der Waals surface area contributed by atoms with Crippen LogP contribution in [0.1, 0.15) is 12.5 Å². The van der Waals surface area contributed by atoms with Crippen molar-refractivity contribution >= 4 is 34.8 Å². The molecule has 0 bridgehead atoms. The third-order valence-corrected chi connectivity index (χ3v) is 4.50. The number of anilines is 1. The lowest BCUT2D eigenvalue weighted by Gasteiger charge is -2.21. The number of hydrogen-bond acceptors (Lipinski definition) is 2. The van der Waals surface area contributed by atoms with E-state index in [-0.39, 0.29) is 17.7 Å². The van der Waals surface area contributed by atoms with Crippen LogP contribution in [0.5, 0.6) is 5.75 Å². The number of hydrogen-bond donors (Lipinski definition) is 2. The summed E-state index contributed by atoms with van der Waals surface area (Å²) in [6.45, 7) is -0.515. The zero-order chi connectivity index (χ0) is 19.3. The first-order chi connectivity index (χ1) is 12.3. The monoisotopic (exact) mass is 403 g/mol. The highest BCUT2D eigenvalue weighted by molar-refractivity contribution is 6.36. The molecule has 0 heterocycles. The van der Waals surface area contributed by atoms with E-state index in [2.05, 4.69) is 10.1 Å². The van der Waals surface area contributed by atoms with Crippen LogP contribution in [-0.4, -0.2) is 25.6 Å². The summed E-state index contributed by atoms with van der Waals surface area (Å²) in [7, 11) is 1.87. The summed E-state index contributed by atoms with van der Waals surface area (Å²) in [4.78, 5) is 13.4. The quantitative estimate of drug-likeness (QED) is 0.740. The van der Waals surface area contributed by atoms with Gasteiger partial charge in [-0.15, -0.1) is 0 Å². The van der Waals surface area contributed by atoms with Crippen molar-refractivity contribution in [2.24, 2.45) is 0 Å². The zero-order valence-electron chi connectivity index (χ0n) is 14.2. The summed E-state index contributed by atoms with van der Waals surface area (Å²) >= 11 is 11.9. The smallest absolute Gasteiger partial charge is 0.387 e. The molecule has 0 saturated carbocycles. The molecule has 2 rings (SSSR count). The molecule has 26 heavy (non-hydrogen) atoms. The van der Waals surface area contributed by atoms with Crippen LogP contribution < -0.4 is 15.0 Å². The molecule has 0 aliphatic carbocycles. The van der Waals surface area contributed by atoms with E-state index in [4.69, 9.17) is 23.2 Å². The van der Waals surface area contributed by atoms with Gasteiger partial charge < -0.3 is 15.0 Å². The van der Waals surface area contributed by atoms with Crippen LogP contribution in [0.2, 0.25) is 10.0 Å². The van der Waals surface area contributed by atoms with Gasteiger partial charge in [-0.1, -0.05) is 23.2 Å². The van der Waals surface area contributed by atoms with Crippen molar-refractivity contribution in [3.8, 4) is 5.75 Å². The highest BCUT2D eigenvalue weighted by Gasteiger charge is 2.22. The van der Waals surface area contributed by atoms with Gasteiger partial charge in [-0.05, 0) is 49.4 Å². The van der Waals surface area contributed by atoms with E-state index in [1.165, 1.54) is 12.1 Å². The molecule has 8 heteroatoms. The Bertz CT molecular complexity index is 757. The Hall–Kier alpha value is -1.89. The second kappa shape index (κ2) is 9.16. The van der Waals surface area contributed by atoms with Crippen LogP contribution in [0.15, 0.2) is 42.5 Å². The summed E-state index contributed by atoms with van der Waals surface area (Å²) in [5.74, 6) is -0.0889. The molecule has 2 N–H and O–H groups in total. The molecule has 2 aromatic carbocycles. The minimum atomic E-state index is -2.85. The van der Waals surface area contributed by atoms with Gasteiger partial charge in [0, 0.05) is 10.6 Å². The SMILES string of the molecule is C[C@H](C(=O)Nc1ccc(Cl)cc1Cl)[NH+](C)Cc1ccc(OC(F)F)cc1. The molecule has 4 nitrogen and oxygen atoms in total. The number of quaternary nitrogens is 1. The van der Waals surface area contributed by atoms with E-state index in [0.29, 0.717) is 22.3 Å². The fourth-order valence-electron chi connectivity index (χ4n) is 2.32. The summed E-state index contributed by atoms with van der Waals surface area (Å²) in [5.41, 5.74) is 1.39.